The quantitative estimate of drug-likeness (QED) is 0.0222. The van der Waals surface area contributed by atoms with Crippen molar-refractivity contribution in [3.05, 3.63) is 0 Å². The molecular formula is C80H156O17P2. The van der Waals surface area contributed by atoms with Gasteiger partial charge >= 0.3 is 39.5 Å². The zero-order valence-corrected chi connectivity index (χ0v) is 66.8. The fourth-order valence-electron chi connectivity index (χ4n) is 12.3. The van der Waals surface area contributed by atoms with Gasteiger partial charge in [0.25, 0.3) is 0 Å². The first-order chi connectivity index (χ1) is 47.8. The number of aliphatic hydroxyl groups is 1. The lowest BCUT2D eigenvalue weighted by atomic mass is 9.99. The van der Waals surface area contributed by atoms with Gasteiger partial charge in [-0.1, -0.05) is 363 Å². The lowest BCUT2D eigenvalue weighted by Crippen LogP contribution is -2.30. The van der Waals surface area contributed by atoms with Crippen LogP contribution >= 0.6 is 15.6 Å². The van der Waals surface area contributed by atoms with E-state index in [1.807, 2.05) is 0 Å². The summed E-state index contributed by atoms with van der Waals surface area (Å²) in [6.07, 6.45) is 58.3. The summed E-state index contributed by atoms with van der Waals surface area (Å²) in [6, 6.07) is 0. The smallest absolute Gasteiger partial charge is 0.462 e. The third-order valence-corrected chi connectivity index (χ3v) is 20.9. The Bertz CT molecular complexity index is 1920. The second-order valence-electron chi connectivity index (χ2n) is 30.0. The van der Waals surface area contributed by atoms with Gasteiger partial charge in [-0.15, -0.1) is 0 Å². The Morgan fingerprint density at radius 2 is 0.515 bits per heavy atom. The summed E-state index contributed by atoms with van der Waals surface area (Å²) < 4.78 is 68.6. The highest BCUT2D eigenvalue weighted by Crippen LogP contribution is 2.45. The third-order valence-electron chi connectivity index (χ3n) is 19.0. The minimum absolute atomic E-state index is 0.105. The van der Waals surface area contributed by atoms with Gasteiger partial charge in [-0.2, -0.15) is 0 Å². The standard InChI is InChI=1S/C80H156O17P2/c1-8-10-11-12-13-14-32-40-47-54-61-77(82)90-68-76(97-80(85)64-57-50-43-36-35-38-45-52-59-72(5)6)70-95-99(88,89)93-66-74(81)65-92-98(86,87)94-69-75(67-91-78(83)62-55-48-41-33-28-25-21-22-26-30-37-44-51-58-71(3)4)96-79(84)63-56-49-42-34-29-24-20-18-16-15-17-19-23-27-31-39-46-53-60-73(7)9-2/h71-76,81H,8-70H2,1-7H3,(H,86,87)(H,88,89)/t73?,74-,75-,76-/m1/s1. The number of rotatable bonds is 78. The first-order valence-electron chi connectivity index (χ1n) is 41.4. The van der Waals surface area contributed by atoms with Crippen LogP contribution in [0, 0.1) is 17.8 Å². The molecule has 0 aliphatic rings. The van der Waals surface area contributed by atoms with Crippen LogP contribution in [0.15, 0.2) is 0 Å². The Morgan fingerprint density at radius 3 is 0.768 bits per heavy atom. The number of carbonyl (C=O) groups is 4. The topological polar surface area (TPSA) is 237 Å². The molecule has 588 valence electrons. The predicted molar refractivity (Wildman–Crippen MR) is 405 cm³/mol. The van der Waals surface area contributed by atoms with E-state index in [1.54, 1.807) is 0 Å². The van der Waals surface area contributed by atoms with Gasteiger partial charge in [-0.05, 0) is 43.4 Å². The van der Waals surface area contributed by atoms with Crippen molar-refractivity contribution in [1.29, 1.82) is 0 Å². The van der Waals surface area contributed by atoms with Gasteiger partial charge < -0.3 is 33.8 Å². The number of hydrogen-bond acceptors (Lipinski definition) is 15. The first-order valence-corrected chi connectivity index (χ1v) is 44.4. The molecule has 0 aliphatic carbocycles. The van der Waals surface area contributed by atoms with Gasteiger partial charge in [0.1, 0.15) is 19.3 Å². The summed E-state index contributed by atoms with van der Waals surface area (Å²) in [5, 5.41) is 10.6. The molecule has 0 bridgehead atoms. The van der Waals surface area contributed by atoms with E-state index in [1.165, 1.54) is 225 Å². The molecule has 0 aromatic heterocycles. The summed E-state index contributed by atoms with van der Waals surface area (Å²) in [5.41, 5.74) is 0. The van der Waals surface area contributed by atoms with Gasteiger partial charge in [-0.3, -0.25) is 37.3 Å². The van der Waals surface area contributed by atoms with Gasteiger partial charge in [-0.25, -0.2) is 9.13 Å². The summed E-state index contributed by atoms with van der Waals surface area (Å²) in [5.74, 6) is 0.266. The number of phosphoric acid groups is 2. The maximum atomic E-state index is 13.1. The molecule has 0 heterocycles. The molecular weight excluding hydrogens is 1290 g/mol. The Balaban J connectivity index is 5.20. The summed E-state index contributed by atoms with van der Waals surface area (Å²) in [4.78, 5) is 72.9. The maximum absolute atomic E-state index is 13.1. The molecule has 0 radical (unpaired) electrons. The molecule has 0 fully saturated rings. The van der Waals surface area contributed by atoms with Gasteiger partial charge in [0.15, 0.2) is 12.2 Å². The normalized spacial score (nSPS) is 14.3. The van der Waals surface area contributed by atoms with Crippen LogP contribution in [0.4, 0.5) is 0 Å². The van der Waals surface area contributed by atoms with E-state index >= 15 is 0 Å². The Hall–Kier alpha value is -1.94. The number of phosphoric ester groups is 2. The third kappa shape index (κ3) is 72.8. The second kappa shape index (κ2) is 70.4. The number of ether oxygens (including phenoxy) is 4. The molecule has 99 heavy (non-hydrogen) atoms. The Morgan fingerprint density at radius 1 is 0.293 bits per heavy atom. The van der Waals surface area contributed by atoms with Crippen LogP contribution in [0.3, 0.4) is 0 Å². The summed E-state index contributed by atoms with van der Waals surface area (Å²) in [7, 11) is -9.92. The van der Waals surface area contributed by atoms with E-state index in [4.69, 9.17) is 37.0 Å². The molecule has 0 amide bonds. The lowest BCUT2D eigenvalue weighted by molar-refractivity contribution is -0.161. The molecule has 3 unspecified atom stereocenters. The molecule has 19 heteroatoms. The van der Waals surface area contributed by atoms with Crippen molar-refractivity contribution in [2.24, 2.45) is 17.8 Å². The highest BCUT2D eigenvalue weighted by molar-refractivity contribution is 7.47. The van der Waals surface area contributed by atoms with Crippen LogP contribution in [0.1, 0.15) is 414 Å². The lowest BCUT2D eigenvalue weighted by Gasteiger charge is -2.21. The van der Waals surface area contributed by atoms with E-state index < -0.39 is 97.5 Å². The SMILES string of the molecule is CCCCCCCCCCCCC(=O)OC[C@H](COP(=O)(O)OC[C@H](O)COP(=O)(O)OC[C@@H](COC(=O)CCCCCCCCCCCCCCCC(C)C)OC(=O)CCCCCCCCCCCCCCCCCCCCC(C)CC)OC(=O)CCCCCCCCCCC(C)C. The zero-order chi connectivity index (χ0) is 73.0. The molecule has 0 saturated carbocycles. The summed E-state index contributed by atoms with van der Waals surface area (Å²) in [6.45, 7) is 12.0. The molecule has 0 aliphatic heterocycles. The molecule has 3 N–H and O–H groups in total. The Kier molecular flexibility index (Phi) is 69.0. The zero-order valence-electron chi connectivity index (χ0n) is 65.0. The van der Waals surface area contributed by atoms with E-state index in [-0.39, 0.29) is 25.7 Å². The van der Waals surface area contributed by atoms with Crippen molar-refractivity contribution >= 4 is 39.5 Å². The monoisotopic (exact) mass is 1450 g/mol. The average Bonchev–Trinajstić information content (AvgIpc) is 0.958. The number of aliphatic hydroxyl groups excluding tert-OH is 1. The number of esters is 4. The Labute approximate surface area is 607 Å². The van der Waals surface area contributed by atoms with Crippen molar-refractivity contribution in [3.8, 4) is 0 Å². The van der Waals surface area contributed by atoms with Gasteiger partial charge in [0.2, 0.25) is 0 Å². The number of hydrogen-bond donors (Lipinski definition) is 3. The van der Waals surface area contributed by atoms with Crippen molar-refractivity contribution in [1.82, 2.24) is 0 Å². The van der Waals surface area contributed by atoms with Crippen molar-refractivity contribution in [2.45, 2.75) is 433 Å². The number of unbranched alkanes of at least 4 members (excludes halogenated alkanes) is 45. The fourth-order valence-corrected chi connectivity index (χ4v) is 13.9. The molecule has 17 nitrogen and oxygen atoms in total. The van der Waals surface area contributed by atoms with Crippen LogP contribution in [-0.4, -0.2) is 96.7 Å². The van der Waals surface area contributed by atoms with Crippen LogP contribution in [-0.2, 0) is 65.4 Å². The van der Waals surface area contributed by atoms with Crippen LogP contribution in [0.5, 0.6) is 0 Å². The highest BCUT2D eigenvalue weighted by atomic mass is 31.2. The van der Waals surface area contributed by atoms with E-state index in [0.717, 1.165) is 108 Å². The number of carbonyl (C=O) groups excluding carboxylic acids is 4. The second-order valence-corrected chi connectivity index (χ2v) is 32.9. The van der Waals surface area contributed by atoms with Gasteiger partial charge in [0.05, 0.1) is 26.4 Å². The highest BCUT2D eigenvalue weighted by Gasteiger charge is 2.30. The summed E-state index contributed by atoms with van der Waals surface area (Å²) >= 11 is 0. The molecule has 6 atom stereocenters. The van der Waals surface area contributed by atoms with Crippen LogP contribution in [0.25, 0.3) is 0 Å². The molecule has 0 aromatic rings. The molecule has 0 rings (SSSR count). The first kappa shape index (κ1) is 97.1. The van der Waals surface area contributed by atoms with Crippen LogP contribution in [0.2, 0.25) is 0 Å². The van der Waals surface area contributed by atoms with E-state index in [9.17, 15) is 43.2 Å². The van der Waals surface area contributed by atoms with Crippen molar-refractivity contribution in [3.63, 3.8) is 0 Å². The van der Waals surface area contributed by atoms with Crippen molar-refractivity contribution < 1.29 is 80.2 Å². The van der Waals surface area contributed by atoms with Crippen molar-refractivity contribution in [2.75, 3.05) is 39.6 Å². The van der Waals surface area contributed by atoms with Crippen LogP contribution < -0.4 is 0 Å². The van der Waals surface area contributed by atoms with E-state index in [2.05, 4.69) is 48.5 Å². The largest absolute Gasteiger partial charge is 0.472 e. The molecule has 0 spiro atoms. The maximum Gasteiger partial charge on any atom is 0.472 e. The molecule has 0 saturated heterocycles. The molecule has 0 aromatic carbocycles. The fraction of sp³-hybridized carbons (Fsp3) is 0.950. The predicted octanol–water partition coefficient (Wildman–Crippen LogP) is 23.7. The minimum atomic E-state index is -4.96. The van der Waals surface area contributed by atoms with E-state index in [0.29, 0.717) is 25.7 Å². The van der Waals surface area contributed by atoms with Gasteiger partial charge in [0, 0.05) is 25.7 Å². The average molecular weight is 1450 g/mol. The minimum Gasteiger partial charge on any atom is -0.462 e.